The summed E-state index contributed by atoms with van der Waals surface area (Å²) in [5.41, 5.74) is 4.20. The van der Waals surface area contributed by atoms with Gasteiger partial charge in [0, 0.05) is 26.1 Å². The summed E-state index contributed by atoms with van der Waals surface area (Å²) in [6.07, 6.45) is 11.6. The van der Waals surface area contributed by atoms with Crippen LogP contribution in [0.25, 0.3) is 10.8 Å². The average Bonchev–Trinajstić information content (AvgIpc) is 3.41. The lowest BCUT2D eigenvalue weighted by Gasteiger charge is -2.24. The Morgan fingerprint density at radius 2 is 1.58 bits per heavy atom. The van der Waals surface area contributed by atoms with Gasteiger partial charge < -0.3 is 9.47 Å². The van der Waals surface area contributed by atoms with Crippen molar-refractivity contribution >= 4 is 20.9 Å². The van der Waals surface area contributed by atoms with Gasteiger partial charge in [0.25, 0.3) is 10.1 Å². The number of ether oxygens (including phenoxy) is 2. The van der Waals surface area contributed by atoms with E-state index in [0.717, 1.165) is 35.2 Å². The number of hydrazine groups is 2. The van der Waals surface area contributed by atoms with Gasteiger partial charge in [-0.3, -0.25) is 4.18 Å². The topological polar surface area (TPSA) is 80.3 Å². The van der Waals surface area contributed by atoms with Crippen molar-refractivity contribution in [3.63, 3.8) is 0 Å². The number of nitrogens with zero attached hydrogens (tertiary/aromatic N) is 2. The molecule has 1 aliphatic heterocycles. The van der Waals surface area contributed by atoms with Crippen LogP contribution in [-0.2, 0) is 25.5 Å². The summed E-state index contributed by atoms with van der Waals surface area (Å²) in [5.74, 6) is 1.41. The first-order valence-corrected chi connectivity index (χ1v) is 17.3. The number of rotatable bonds is 13. The fourth-order valence-electron chi connectivity index (χ4n) is 6.14. The molecule has 1 saturated heterocycles. The van der Waals surface area contributed by atoms with Crippen molar-refractivity contribution in [2.75, 3.05) is 40.1 Å². The van der Waals surface area contributed by atoms with Gasteiger partial charge in [-0.1, -0.05) is 87.1 Å². The van der Waals surface area contributed by atoms with Gasteiger partial charge in [0.15, 0.2) is 0 Å². The SMILES string of the molecule is CN1NC(Cc2ccccc2S(=O)(=O)OCCCOc2ccc3ccccc3c2)CN1COCC1CCCCCCCC1. The lowest BCUT2D eigenvalue weighted by atomic mass is 9.98. The lowest BCUT2D eigenvalue weighted by molar-refractivity contribution is -0.0863. The standard InChI is InChI=1S/C34H47N3O5S/c1-36-35-32(25-37(36)27-40-26-28-13-6-4-2-3-5-7-14-28)23-31-17-10-11-18-34(31)43(38,39)42-22-12-21-41-33-20-19-29-15-8-9-16-30(29)24-33/h8-11,15-20,24,28,32,35H,2-7,12-14,21-23,25-27H2,1H3. The van der Waals surface area contributed by atoms with E-state index < -0.39 is 10.1 Å². The maximum atomic E-state index is 13.2. The van der Waals surface area contributed by atoms with Crippen LogP contribution in [-0.4, -0.2) is 64.7 Å². The number of fused-ring (bicyclic) bond motifs is 1. The first-order chi connectivity index (χ1) is 21.0. The van der Waals surface area contributed by atoms with Crippen LogP contribution in [0.5, 0.6) is 5.75 Å². The van der Waals surface area contributed by atoms with E-state index in [1.807, 2.05) is 60.7 Å². The predicted molar refractivity (Wildman–Crippen MR) is 170 cm³/mol. The molecule has 0 aromatic heterocycles. The van der Waals surface area contributed by atoms with Crippen molar-refractivity contribution in [2.45, 2.75) is 75.1 Å². The molecule has 5 rings (SSSR count). The molecule has 3 aromatic rings. The van der Waals surface area contributed by atoms with E-state index in [-0.39, 0.29) is 17.5 Å². The molecule has 1 heterocycles. The third kappa shape index (κ3) is 9.48. The van der Waals surface area contributed by atoms with Crippen molar-refractivity contribution in [3.8, 4) is 5.75 Å². The predicted octanol–water partition coefficient (Wildman–Crippen LogP) is 6.32. The number of nitrogens with one attached hydrogen (secondary N) is 1. The van der Waals surface area contributed by atoms with Crippen LogP contribution in [0.15, 0.2) is 71.6 Å². The van der Waals surface area contributed by atoms with Crippen molar-refractivity contribution < 1.29 is 22.1 Å². The zero-order valence-electron chi connectivity index (χ0n) is 25.5. The molecule has 0 bridgehead atoms. The highest BCUT2D eigenvalue weighted by molar-refractivity contribution is 7.86. The summed E-state index contributed by atoms with van der Waals surface area (Å²) >= 11 is 0. The van der Waals surface area contributed by atoms with E-state index in [2.05, 4.69) is 16.5 Å². The van der Waals surface area contributed by atoms with Gasteiger partial charge in [-0.15, -0.1) is 0 Å². The van der Waals surface area contributed by atoms with Gasteiger partial charge >= 0.3 is 0 Å². The van der Waals surface area contributed by atoms with Crippen molar-refractivity contribution in [3.05, 3.63) is 72.3 Å². The van der Waals surface area contributed by atoms with Gasteiger partial charge in [0.1, 0.15) is 12.5 Å². The molecule has 2 aliphatic rings. The van der Waals surface area contributed by atoms with Gasteiger partial charge in [-0.2, -0.15) is 13.5 Å². The lowest BCUT2D eigenvalue weighted by Crippen LogP contribution is -2.40. The second-order valence-electron chi connectivity index (χ2n) is 11.9. The van der Waals surface area contributed by atoms with Crippen molar-refractivity contribution in [1.29, 1.82) is 0 Å². The van der Waals surface area contributed by atoms with Crippen LogP contribution < -0.4 is 10.2 Å². The summed E-state index contributed by atoms with van der Waals surface area (Å²) in [6.45, 7) is 2.50. The Bertz CT molecular complexity index is 1390. The van der Waals surface area contributed by atoms with Crippen LogP contribution in [0, 0.1) is 5.92 Å². The van der Waals surface area contributed by atoms with Gasteiger partial charge in [0.2, 0.25) is 0 Å². The Hall–Kier alpha value is -2.53. The van der Waals surface area contributed by atoms with E-state index in [0.29, 0.717) is 32.1 Å². The zero-order valence-corrected chi connectivity index (χ0v) is 26.3. The molecule has 1 unspecified atom stereocenters. The fraction of sp³-hybridized carbons (Fsp3) is 0.529. The second kappa shape index (κ2) is 16.0. The van der Waals surface area contributed by atoms with E-state index in [1.54, 1.807) is 12.1 Å². The Balaban J connectivity index is 1.07. The molecule has 1 saturated carbocycles. The highest BCUT2D eigenvalue weighted by atomic mass is 32.2. The van der Waals surface area contributed by atoms with Crippen LogP contribution in [0.4, 0.5) is 0 Å². The quantitative estimate of drug-likeness (QED) is 0.178. The zero-order chi connectivity index (χ0) is 29.9. The molecule has 1 N–H and O–H groups in total. The van der Waals surface area contributed by atoms with Gasteiger partial charge in [-0.25, -0.2) is 10.4 Å². The molecule has 2 fully saturated rings. The van der Waals surface area contributed by atoms with Crippen LogP contribution in [0.1, 0.15) is 63.4 Å². The third-order valence-corrected chi connectivity index (χ3v) is 9.93. The number of benzene rings is 3. The van der Waals surface area contributed by atoms with Gasteiger partial charge in [0.05, 0.1) is 24.7 Å². The fourth-order valence-corrected chi connectivity index (χ4v) is 7.32. The molecule has 8 nitrogen and oxygen atoms in total. The molecule has 0 spiro atoms. The Labute approximate surface area is 257 Å². The van der Waals surface area contributed by atoms with Crippen molar-refractivity contribution in [2.24, 2.45) is 5.92 Å². The van der Waals surface area contributed by atoms with Gasteiger partial charge in [-0.05, 0) is 59.7 Å². The van der Waals surface area contributed by atoms with Crippen molar-refractivity contribution in [1.82, 2.24) is 15.6 Å². The minimum absolute atomic E-state index is 0.0563. The molecule has 0 amide bonds. The Morgan fingerprint density at radius 1 is 0.860 bits per heavy atom. The Kier molecular flexibility index (Phi) is 11.8. The summed E-state index contributed by atoms with van der Waals surface area (Å²) < 4.78 is 43.8. The van der Waals surface area contributed by atoms with E-state index in [1.165, 1.54) is 51.4 Å². The van der Waals surface area contributed by atoms with Crippen LogP contribution >= 0.6 is 0 Å². The molecule has 3 aromatic carbocycles. The largest absolute Gasteiger partial charge is 0.493 e. The average molecular weight is 610 g/mol. The second-order valence-corrected chi connectivity index (χ2v) is 13.5. The summed E-state index contributed by atoms with van der Waals surface area (Å²) in [5, 5.41) is 6.37. The number of hydrogen-bond donors (Lipinski definition) is 1. The first-order valence-electron chi connectivity index (χ1n) is 15.9. The monoisotopic (exact) mass is 609 g/mol. The molecule has 9 heteroatoms. The minimum Gasteiger partial charge on any atom is -0.493 e. The highest BCUT2D eigenvalue weighted by Crippen LogP contribution is 2.24. The molecule has 1 aliphatic carbocycles. The maximum absolute atomic E-state index is 13.2. The third-order valence-electron chi connectivity index (χ3n) is 8.52. The smallest absolute Gasteiger partial charge is 0.297 e. The van der Waals surface area contributed by atoms with Crippen LogP contribution in [0.2, 0.25) is 0 Å². The molecular weight excluding hydrogens is 562 g/mol. The molecule has 43 heavy (non-hydrogen) atoms. The highest BCUT2D eigenvalue weighted by Gasteiger charge is 2.29. The molecule has 1 atom stereocenters. The molecular formula is C34H47N3O5S. The maximum Gasteiger partial charge on any atom is 0.297 e. The summed E-state index contributed by atoms with van der Waals surface area (Å²) in [6, 6.07) is 21.2. The van der Waals surface area contributed by atoms with E-state index in [9.17, 15) is 8.42 Å². The first kappa shape index (κ1) is 31.9. The number of hydrogen-bond acceptors (Lipinski definition) is 8. The van der Waals surface area contributed by atoms with Crippen LogP contribution in [0.3, 0.4) is 0 Å². The Morgan fingerprint density at radius 3 is 2.40 bits per heavy atom. The van der Waals surface area contributed by atoms with E-state index in [4.69, 9.17) is 13.7 Å². The normalized spacial score (nSPS) is 19.7. The summed E-state index contributed by atoms with van der Waals surface area (Å²) in [7, 11) is -1.92. The molecule has 0 radical (unpaired) electrons. The molecule has 234 valence electrons. The summed E-state index contributed by atoms with van der Waals surface area (Å²) in [4.78, 5) is 0.227. The minimum atomic E-state index is -3.90. The van der Waals surface area contributed by atoms with E-state index >= 15 is 0 Å².